The zero-order valence-corrected chi connectivity index (χ0v) is 19.1. The van der Waals surface area contributed by atoms with Gasteiger partial charge in [0.05, 0.1) is 18.9 Å². The fourth-order valence-corrected chi connectivity index (χ4v) is 3.96. The molecule has 1 aromatic heterocycles. The molecule has 2 aliphatic rings. The summed E-state index contributed by atoms with van der Waals surface area (Å²) < 4.78 is 11.2. The Bertz CT molecular complexity index is 546. The molecule has 2 unspecified atom stereocenters. The number of hydrogen-bond donors (Lipinski definition) is 1. The number of aliphatic imine (C=N–C) groups is 1. The molecule has 0 saturated carbocycles. The summed E-state index contributed by atoms with van der Waals surface area (Å²) in [7, 11) is 2.15. The Morgan fingerprint density at radius 3 is 2.96 bits per heavy atom. The van der Waals surface area contributed by atoms with Crippen molar-refractivity contribution in [3.63, 3.8) is 0 Å². The Kier molecular flexibility index (Phi) is 9.92. The Balaban J connectivity index is 0.00000261. The van der Waals surface area contributed by atoms with Crippen molar-refractivity contribution in [3.8, 4) is 0 Å². The monoisotopic (exact) mass is 490 g/mol. The van der Waals surface area contributed by atoms with E-state index in [9.17, 15) is 0 Å². The average Bonchev–Trinajstić information content (AvgIpc) is 3.39. The molecule has 0 bridgehead atoms. The van der Waals surface area contributed by atoms with Crippen LogP contribution in [0.4, 0.5) is 0 Å². The molecule has 7 heteroatoms. The van der Waals surface area contributed by atoms with E-state index >= 15 is 0 Å². The molecule has 0 aliphatic carbocycles. The van der Waals surface area contributed by atoms with Crippen molar-refractivity contribution in [2.75, 3.05) is 46.4 Å². The second kappa shape index (κ2) is 11.9. The lowest BCUT2D eigenvalue weighted by Crippen LogP contribution is -2.46. The van der Waals surface area contributed by atoms with E-state index < -0.39 is 0 Å². The minimum absolute atomic E-state index is 0. The maximum atomic E-state index is 5.74. The number of guanidine groups is 1. The molecule has 1 N–H and O–H groups in total. The van der Waals surface area contributed by atoms with Crippen LogP contribution in [0.3, 0.4) is 0 Å². The third-order valence-corrected chi connectivity index (χ3v) is 5.45. The summed E-state index contributed by atoms with van der Waals surface area (Å²) in [5.74, 6) is 1.99. The molecule has 0 aromatic carbocycles. The highest BCUT2D eigenvalue weighted by Gasteiger charge is 2.25. The van der Waals surface area contributed by atoms with Crippen LogP contribution in [-0.2, 0) is 11.2 Å². The van der Waals surface area contributed by atoms with Gasteiger partial charge in [0.15, 0.2) is 5.96 Å². The summed E-state index contributed by atoms with van der Waals surface area (Å²) in [5, 5.41) is 3.53. The van der Waals surface area contributed by atoms with Crippen LogP contribution in [0.2, 0.25) is 0 Å². The molecule has 2 atom stereocenters. The summed E-state index contributed by atoms with van der Waals surface area (Å²) in [6.45, 7) is 8.08. The predicted molar refractivity (Wildman–Crippen MR) is 120 cm³/mol. The van der Waals surface area contributed by atoms with E-state index in [1.165, 1.54) is 19.4 Å². The molecule has 2 aliphatic heterocycles. The van der Waals surface area contributed by atoms with Gasteiger partial charge in [-0.2, -0.15) is 0 Å². The first kappa shape index (κ1) is 22.5. The number of ether oxygens (including phenoxy) is 1. The maximum Gasteiger partial charge on any atom is 0.193 e. The lowest BCUT2D eigenvalue weighted by atomic mass is 10.2. The molecule has 2 fully saturated rings. The molecule has 154 valence electrons. The van der Waals surface area contributed by atoms with Gasteiger partial charge in [0, 0.05) is 39.2 Å². The van der Waals surface area contributed by atoms with Crippen molar-refractivity contribution in [3.05, 3.63) is 24.2 Å². The molecule has 0 radical (unpaired) electrons. The fourth-order valence-electron chi connectivity index (χ4n) is 3.96. The number of likely N-dealkylation sites (tertiary alicyclic amines) is 1. The number of halogens is 1. The van der Waals surface area contributed by atoms with Gasteiger partial charge in [0.25, 0.3) is 0 Å². The molecule has 6 nitrogen and oxygen atoms in total. The highest BCUT2D eigenvalue weighted by molar-refractivity contribution is 14.0. The van der Waals surface area contributed by atoms with E-state index in [1.54, 1.807) is 6.26 Å². The Labute approximate surface area is 180 Å². The van der Waals surface area contributed by atoms with Crippen LogP contribution in [0.25, 0.3) is 0 Å². The van der Waals surface area contributed by atoms with Crippen LogP contribution in [0.5, 0.6) is 0 Å². The number of rotatable bonds is 8. The van der Waals surface area contributed by atoms with Gasteiger partial charge in [-0.1, -0.05) is 6.92 Å². The van der Waals surface area contributed by atoms with Crippen molar-refractivity contribution >= 4 is 29.9 Å². The predicted octanol–water partition coefficient (Wildman–Crippen LogP) is 2.98. The van der Waals surface area contributed by atoms with Crippen LogP contribution < -0.4 is 5.32 Å². The van der Waals surface area contributed by atoms with Crippen molar-refractivity contribution in [2.24, 2.45) is 4.99 Å². The summed E-state index contributed by atoms with van der Waals surface area (Å²) >= 11 is 0. The SMILES string of the molecule is CCN1CCCC1CN(C)C(=NCC1CCCO1)NCCc1ccco1.I. The lowest BCUT2D eigenvalue weighted by Gasteiger charge is -2.30. The molecule has 0 spiro atoms. The highest BCUT2D eigenvalue weighted by Crippen LogP contribution is 2.17. The lowest BCUT2D eigenvalue weighted by molar-refractivity contribution is 0.117. The molecule has 1 aromatic rings. The standard InChI is InChI=1S/C20H34N4O2.HI/c1-3-24-12-4-7-17(24)16-23(2)20(22-15-19-9-6-14-26-19)21-11-10-18-8-5-13-25-18;/h5,8,13,17,19H,3-4,6-7,9-12,14-16H2,1-2H3,(H,21,22);1H. The summed E-state index contributed by atoms with van der Waals surface area (Å²) in [4.78, 5) is 9.74. The Morgan fingerprint density at radius 2 is 2.26 bits per heavy atom. The average molecular weight is 490 g/mol. The van der Waals surface area contributed by atoms with Gasteiger partial charge in [-0.15, -0.1) is 24.0 Å². The highest BCUT2D eigenvalue weighted by atomic mass is 127. The topological polar surface area (TPSA) is 53.2 Å². The summed E-state index contributed by atoms with van der Waals surface area (Å²) in [5.41, 5.74) is 0. The van der Waals surface area contributed by atoms with E-state index in [4.69, 9.17) is 14.1 Å². The Hall–Kier alpha value is -0.800. The van der Waals surface area contributed by atoms with Crippen LogP contribution >= 0.6 is 24.0 Å². The van der Waals surface area contributed by atoms with Gasteiger partial charge in [0.1, 0.15) is 5.76 Å². The molecular weight excluding hydrogens is 455 g/mol. The minimum atomic E-state index is 0. The minimum Gasteiger partial charge on any atom is -0.469 e. The van der Waals surface area contributed by atoms with Crippen LogP contribution in [-0.4, -0.2) is 74.3 Å². The first-order chi connectivity index (χ1) is 12.8. The normalized spacial score (nSPS) is 23.4. The van der Waals surface area contributed by atoms with Gasteiger partial charge in [0.2, 0.25) is 0 Å². The van der Waals surface area contributed by atoms with E-state index in [0.717, 1.165) is 63.8 Å². The van der Waals surface area contributed by atoms with Crippen LogP contribution in [0.1, 0.15) is 38.4 Å². The first-order valence-corrected chi connectivity index (χ1v) is 10.1. The number of hydrogen-bond acceptors (Lipinski definition) is 4. The van der Waals surface area contributed by atoms with Gasteiger partial charge in [-0.05, 0) is 50.9 Å². The van der Waals surface area contributed by atoms with Gasteiger partial charge in [-0.25, -0.2) is 0 Å². The summed E-state index contributed by atoms with van der Waals surface area (Å²) in [6.07, 6.45) is 7.75. The molecule has 2 saturated heterocycles. The third kappa shape index (κ3) is 6.94. The zero-order chi connectivity index (χ0) is 18.2. The van der Waals surface area contributed by atoms with Crippen LogP contribution in [0.15, 0.2) is 27.8 Å². The zero-order valence-electron chi connectivity index (χ0n) is 16.7. The fraction of sp³-hybridized carbons (Fsp3) is 0.750. The van der Waals surface area contributed by atoms with Crippen LogP contribution in [0, 0.1) is 0 Å². The largest absolute Gasteiger partial charge is 0.469 e. The number of furan rings is 1. The van der Waals surface area contributed by atoms with E-state index in [1.807, 2.05) is 12.1 Å². The quantitative estimate of drug-likeness (QED) is 0.345. The molecule has 3 rings (SSSR count). The number of likely N-dealkylation sites (N-methyl/N-ethyl adjacent to an activating group) is 2. The van der Waals surface area contributed by atoms with Crippen molar-refractivity contribution in [2.45, 2.75) is 51.2 Å². The second-order valence-electron chi connectivity index (χ2n) is 7.36. The van der Waals surface area contributed by atoms with Crippen molar-refractivity contribution in [1.29, 1.82) is 0 Å². The second-order valence-corrected chi connectivity index (χ2v) is 7.36. The third-order valence-electron chi connectivity index (χ3n) is 5.45. The Morgan fingerprint density at radius 1 is 1.37 bits per heavy atom. The van der Waals surface area contributed by atoms with Gasteiger partial charge < -0.3 is 19.4 Å². The first-order valence-electron chi connectivity index (χ1n) is 10.1. The van der Waals surface area contributed by atoms with E-state index in [0.29, 0.717) is 6.04 Å². The van der Waals surface area contributed by atoms with Gasteiger partial charge >= 0.3 is 0 Å². The number of nitrogens with one attached hydrogen (secondary N) is 1. The number of nitrogens with zero attached hydrogens (tertiary/aromatic N) is 3. The molecule has 3 heterocycles. The van der Waals surface area contributed by atoms with E-state index in [2.05, 4.69) is 29.1 Å². The summed E-state index contributed by atoms with van der Waals surface area (Å²) in [6, 6.07) is 4.59. The van der Waals surface area contributed by atoms with E-state index in [-0.39, 0.29) is 30.1 Å². The van der Waals surface area contributed by atoms with Crippen molar-refractivity contribution < 1.29 is 9.15 Å². The maximum absolute atomic E-state index is 5.74. The molecule has 0 amide bonds. The smallest absolute Gasteiger partial charge is 0.193 e. The van der Waals surface area contributed by atoms with Crippen molar-refractivity contribution in [1.82, 2.24) is 15.1 Å². The molecule has 27 heavy (non-hydrogen) atoms. The molecular formula is C20H35IN4O2. The van der Waals surface area contributed by atoms with Gasteiger partial charge in [-0.3, -0.25) is 9.89 Å².